The van der Waals surface area contributed by atoms with Gasteiger partial charge in [0.15, 0.2) is 0 Å². The number of aliphatic hydroxyl groups excluding tert-OH is 1. The van der Waals surface area contributed by atoms with E-state index < -0.39 is 0 Å². The minimum atomic E-state index is -0.296. The van der Waals surface area contributed by atoms with Crippen molar-refractivity contribution in [3.63, 3.8) is 0 Å². The number of rotatable bonds is 4. The first kappa shape index (κ1) is 19.7. The van der Waals surface area contributed by atoms with Crippen molar-refractivity contribution in [2.45, 2.75) is 85.0 Å². The van der Waals surface area contributed by atoms with Crippen LogP contribution in [0.5, 0.6) is 0 Å². The lowest BCUT2D eigenvalue weighted by Gasteiger charge is -2.57. The molecule has 3 heteroatoms. The maximum Gasteiger partial charge on any atom is 0.110 e. The van der Waals surface area contributed by atoms with Crippen LogP contribution in [-0.4, -0.2) is 34.5 Å². The van der Waals surface area contributed by atoms with Gasteiger partial charge in [-0.2, -0.15) is 0 Å². The van der Waals surface area contributed by atoms with Crippen molar-refractivity contribution in [3.8, 4) is 0 Å². The van der Waals surface area contributed by atoms with Crippen LogP contribution in [0.3, 0.4) is 0 Å². The number of aliphatic hydroxyl groups is 1. The van der Waals surface area contributed by atoms with Crippen molar-refractivity contribution in [1.29, 1.82) is 0 Å². The summed E-state index contributed by atoms with van der Waals surface area (Å²) in [6, 6.07) is 0. The molecule has 2 aliphatic rings. The molecular formula is C20H40NOP. The topological polar surface area (TPSA) is 23.5 Å². The summed E-state index contributed by atoms with van der Waals surface area (Å²) in [5, 5.41) is 11.1. The third-order valence-corrected chi connectivity index (χ3v) is 8.85. The highest BCUT2D eigenvalue weighted by atomic mass is 31.0. The highest BCUT2D eigenvalue weighted by molar-refractivity contribution is 7.19. The smallest absolute Gasteiger partial charge is 0.110 e. The molecule has 1 saturated heterocycles. The lowest BCUT2D eigenvalue weighted by Crippen LogP contribution is -2.60. The maximum atomic E-state index is 10.8. The SMILES string of the molecule is CC1CCC(C2(P)CCN(C(O)[C@H](C)C(C)C)CC2(C)C)CC1. The molecule has 0 amide bonds. The quantitative estimate of drug-likeness (QED) is 0.745. The highest BCUT2D eigenvalue weighted by Gasteiger charge is 2.51. The second kappa shape index (κ2) is 7.30. The fourth-order valence-corrected chi connectivity index (χ4v) is 5.39. The zero-order valence-corrected chi connectivity index (χ0v) is 17.5. The summed E-state index contributed by atoms with van der Waals surface area (Å²) in [6.07, 6.45) is 6.47. The van der Waals surface area contributed by atoms with Gasteiger partial charge in [-0.05, 0) is 53.5 Å². The Morgan fingerprint density at radius 2 is 1.65 bits per heavy atom. The van der Waals surface area contributed by atoms with E-state index in [1.54, 1.807) is 0 Å². The summed E-state index contributed by atoms with van der Waals surface area (Å²) in [4.78, 5) is 2.35. The third-order valence-electron chi connectivity index (χ3n) is 7.31. The Morgan fingerprint density at radius 3 is 2.13 bits per heavy atom. The van der Waals surface area contributed by atoms with Gasteiger partial charge in [-0.3, -0.25) is 4.90 Å². The van der Waals surface area contributed by atoms with E-state index in [9.17, 15) is 5.11 Å². The maximum absolute atomic E-state index is 10.8. The monoisotopic (exact) mass is 341 g/mol. The van der Waals surface area contributed by atoms with Gasteiger partial charge in [-0.1, -0.05) is 54.4 Å². The fraction of sp³-hybridized carbons (Fsp3) is 1.00. The van der Waals surface area contributed by atoms with Gasteiger partial charge in [0, 0.05) is 13.1 Å². The molecule has 3 unspecified atom stereocenters. The number of piperidine rings is 1. The molecule has 1 aliphatic carbocycles. The molecule has 1 aliphatic heterocycles. The Hall–Kier alpha value is 0.350. The average Bonchev–Trinajstić information content (AvgIpc) is 2.49. The lowest BCUT2D eigenvalue weighted by molar-refractivity contribution is -0.0951. The first-order chi connectivity index (χ1) is 10.6. The van der Waals surface area contributed by atoms with Crippen LogP contribution in [0, 0.1) is 29.1 Å². The van der Waals surface area contributed by atoms with E-state index in [0.717, 1.165) is 24.9 Å². The van der Waals surface area contributed by atoms with Crippen LogP contribution >= 0.6 is 9.24 Å². The molecule has 1 saturated carbocycles. The van der Waals surface area contributed by atoms with Crippen molar-refractivity contribution < 1.29 is 5.11 Å². The summed E-state index contributed by atoms with van der Waals surface area (Å²) >= 11 is 0. The molecule has 2 fully saturated rings. The Labute approximate surface area is 147 Å². The molecule has 4 atom stereocenters. The number of likely N-dealkylation sites (tertiary alicyclic amines) is 1. The Morgan fingerprint density at radius 1 is 1.09 bits per heavy atom. The van der Waals surface area contributed by atoms with Crippen molar-refractivity contribution >= 4 is 9.24 Å². The van der Waals surface area contributed by atoms with E-state index >= 15 is 0 Å². The number of hydrogen-bond acceptors (Lipinski definition) is 2. The second-order valence-corrected chi connectivity index (χ2v) is 10.6. The van der Waals surface area contributed by atoms with Crippen LogP contribution in [0.2, 0.25) is 0 Å². The Balaban J connectivity index is 2.07. The summed E-state index contributed by atoms with van der Waals surface area (Å²) in [6.45, 7) is 15.9. The minimum absolute atomic E-state index is 0.235. The zero-order chi connectivity index (χ0) is 17.4. The van der Waals surface area contributed by atoms with Gasteiger partial charge in [0.1, 0.15) is 6.23 Å². The number of nitrogens with zero attached hydrogens (tertiary/aromatic N) is 1. The average molecular weight is 342 g/mol. The van der Waals surface area contributed by atoms with Gasteiger partial charge in [0.25, 0.3) is 0 Å². The Kier molecular flexibility index (Phi) is 6.25. The summed E-state index contributed by atoms with van der Waals surface area (Å²) in [5.41, 5.74) is 0.235. The standard InChI is InChI=1S/C20H40NOP/c1-14(2)16(4)18(22)21-12-11-20(23,19(5,6)13-21)17-9-7-15(3)8-10-17/h14-18,22H,7-13,23H2,1-6H3/t15?,16-,17?,18?,20?/m1/s1. The van der Waals surface area contributed by atoms with E-state index in [1.807, 2.05) is 0 Å². The van der Waals surface area contributed by atoms with E-state index in [0.29, 0.717) is 17.0 Å². The van der Waals surface area contributed by atoms with Crippen LogP contribution in [0.25, 0.3) is 0 Å². The molecule has 1 N–H and O–H groups in total. The summed E-state index contributed by atoms with van der Waals surface area (Å²) in [5.74, 6) is 2.60. The first-order valence-corrected chi connectivity index (χ1v) is 10.4. The molecule has 0 aromatic heterocycles. The molecule has 23 heavy (non-hydrogen) atoms. The Bertz CT molecular complexity index is 389. The van der Waals surface area contributed by atoms with Crippen LogP contribution in [-0.2, 0) is 0 Å². The molecule has 0 radical (unpaired) electrons. The fourth-order valence-electron chi connectivity index (χ4n) is 4.84. The first-order valence-electron chi connectivity index (χ1n) is 9.79. The largest absolute Gasteiger partial charge is 0.378 e. The van der Waals surface area contributed by atoms with E-state index in [2.05, 4.69) is 55.7 Å². The molecule has 0 spiro atoms. The zero-order valence-electron chi connectivity index (χ0n) is 16.3. The molecule has 0 aromatic rings. The normalized spacial score (nSPS) is 38.5. The van der Waals surface area contributed by atoms with Crippen LogP contribution in [0.4, 0.5) is 0 Å². The van der Waals surface area contributed by atoms with E-state index in [-0.39, 0.29) is 11.6 Å². The van der Waals surface area contributed by atoms with Gasteiger partial charge < -0.3 is 5.11 Å². The van der Waals surface area contributed by atoms with Gasteiger partial charge in [-0.25, -0.2) is 0 Å². The van der Waals surface area contributed by atoms with E-state index in [1.165, 1.54) is 32.1 Å². The van der Waals surface area contributed by atoms with Gasteiger partial charge >= 0.3 is 0 Å². The predicted molar refractivity (Wildman–Crippen MR) is 104 cm³/mol. The van der Waals surface area contributed by atoms with Crippen molar-refractivity contribution in [2.75, 3.05) is 13.1 Å². The van der Waals surface area contributed by atoms with Crippen molar-refractivity contribution in [3.05, 3.63) is 0 Å². The summed E-state index contributed by atoms with van der Waals surface area (Å²) in [7, 11) is 3.30. The third kappa shape index (κ3) is 3.96. The van der Waals surface area contributed by atoms with E-state index in [4.69, 9.17) is 0 Å². The second-order valence-electron chi connectivity index (χ2n) is 9.62. The molecule has 1 heterocycles. The molecule has 2 nitrogen and oxygen atoms in total. The van der Waals surface area contributed by atoms with Crippen molar-refractivity contribution in [1.82, 2.24) is 4.90 Å². The highest BCUT2D eigenvalue weighted by Crippen LogP contribution is 2.54. The van der Waals surface area contributed by atoms with Gasteiger partial charge in [0.2, 0.25) is 0 Å². The van der Waals surface area contributed by atoms with Crippen LogP contribution in [0.15, 0.2) is 0 Å². The molecule has 0 aromatic carbocycles. The minimum Gasteiger partial charge on any atom is -0.378 e. The summed E-state index contributed by atoms with van der Waals surface area (Å²) < 4.78 is 0. The predicted octanol–water partition coefficient (Wildman–Crippen LogP) is 4.77. The van der Waals surface area contributed by atoms with Crippen LogP contribution < -0.4 is 0 Å². The molecule has 136 valence electrons. The molecular weight excluding hydrogens is 301 g/mol. The van der Waals surface area contributed by atoms with Crippen LogP contribution in [0.1, 0.15) is 73.6 Å². The lowest BCUT2D eigenvalue weighted by atomic mass is 9.62. The van der Waals surface area contributed by atoms with Crippen molar-refractivity contribution in [2.24, 2.45) is 29.1 Å². The molecule has 0 bridgehead atoms. The number of hydrogen-bond donors (Lipinski definition) is 1. The van der Waals surface area contributed by atoms with Gasteiger partial charge in [0.05, 0.1) is 0 Å². The molecule has 2 rings (SSSR count). The van der Waals surface area contributed by atoms with Gasteiger partial charge in [-0.15, -0.1) is 9.24 Å².